The quantitative estimate of drug-likeness (QED) is 0.626. The van der Waals surface area contributed by atoms with Crippen molar-refractivity contribution in [2.24, 2.45) is 0 Å². The maximum atomic E-state index is 11.0. The van der Waals surface area contributed by atoms with Gasteiger partial charge in [0.1, 0.15) is 5.82 Å². The van der Waals surface area contributed by atoms with Gasteiger partial charge in [0.05, 0.1) is 11.3 Å². The summed E-state index contributed by atoms with van der Waals surface area (Å²) in [6.07, 6.45) is 5.17. The molecular weight excluding hydrogens is 274 g/mol. The second kappa shape index (κ2) is 6.78. The van der Waals surface area contributed by atoms with Gasteiger partial charge in [-0.05, 0) is 12.1 Å². The highest BCUT2D eigenvalue weighted by atomic mass is 32.2. The summed E-state index contributed by atoms with van der Waals surface area (Å²) in [5, 5.41) is 13.0. The Kier molecular flexibility index (Phi) is 4.80. The van der Waals surface area contributed by atoms with E-state index in [1.165, 1.54) is 0 Å². The monoisotopic (exact) mass is 287 g/mol. The molecule has 0 spiro atoms. The molecule has 102 valence electrons. The predicted octanol–water partition coefficient (Wildman–Crippen LogP) is 2.11. The number of benzene rings is 1. The molecule has 0 unspecified atom stereocenters. The van der Waals surface area contributed by atoms with Crippen LogP contribution in [-0.4, -0.2) is 39.1 Å². The first-order valence-corrected chi connectivity index (χ1v) is 7.13. The van der Waals surface area contributed by atoms with E-state index in [0.29, 0.717) is 23.6 Å². The molecule has 2 N–H and O–H groups in total. The lowest BCUT2D eigenvalue weighted by Gasteiger charge is -2.09. The number of carbonyl (C=O) groups is 1. The van der Waals surface area contributed by atoms with Gasteiger partial charge in [0.2, 0.25) is 5.82 Å². The van der Waals surface area contributed by atoms with Crippen LogP contribution >= 0.6 is 11.8 Å². The van der Waals surface area contributed by atoms with E-state index in [0.717, 1.165) is 11.1 Å². The molecule has 0 atom stereocenters. The van der Waals surface area contributed by atoms with Crippen LogP contribution in [0.5, 0.6) is 0 Å². The van der Waals surface area contributed by atoms with Gasteiger partial charge in [-0.25, -0.2) is 14.8 Å². The van der Waals surface area contributed by atoms with Crippen molar-refractivity contribution >= 4 is 34.5 Å². The first-order chi connectivity index (χ1) is 9.72. The van der Waals surface area contributed by atoms with Crippen LogP contribution in [0.1, 0.15) is 10.6 Å². The Morgan fingerprint density at radius 1 is 1.40 bits per heavy atom. The number of hydrogen-bond donors (Lipinski definition) is 2. The average Bonchev–Trinajstić information content (AvgIpc) is 2.46. The van der Waals surface area contributed by atoms with Gasteiger partial charge in [-0.2, -0.15) is 0 Å². The van der Waals surface area contributed by atoms with Crippen LogP contribution in [0.2, 0.25) is 0 Å². The molecule has 0 aliphatic rings. The van der Waals surface area contributed by atoms with Crippen molar-refractivity contribution in [1.82, 2.24) is 9.97 Å². The van der Waals surface area contributed by atoms with Crippen LogP contribution < -0.4 is 5.32 Å². The summed E-state index contributed by atoms with van der Waals surface area (Å²) >= 11 is 1.63. The fourth-order valence-corrected chi connectivity index (χ4v) is 2.19. The standard InChI is InChI=1S/C14H13N3O2S/c1-2-8-20-9-7-15-12-10-5-3-4-6-11(10)16-13(17-12)14(18)19/h1,3-6H,7-9H2,(H,18,19)(H,15,16,17). The summed E-state index contributed by atoms with van der Waals surface area (Å²) in [6.45, 7) is 0.659. The molecule has 0 saturated carbocycles. The van der Waals surface area contributed by atoms with Gasteiger partial charge in [0.15, 0.2) is 0 Å². The molecule has 1 aromatic heterocycles. The first-order valence-electron chi connectivity index (χ1n) is 5.97. The molecule has 1 aromatic carbocycles. The maximum absolute atomic E-state index is 11.0. The number of nitrogens with one attached hydrogen (secondary N) is 1. The van der Waals surface area contributed by atoms with Gasteiger partial charge in [-0.3, -0.25) is 0 Å². The minimum atomic E-state index is -1.14. The van der Waals surface area contributed by atoms with Crippen molar-refractivity contribution in [3.8, 4) is 12.3 Å². The SMILES string of the molecule is C#CCSCCNc1nc(C(=O)O)nc2ccccc12. The Balaban J connectivity index is 2.21. The van der Waals surface area contributed by atoms with Gasteiger partial charge in [0, 0.05) is 17.7 Å². The number of terminal acetylenes is 1. The lowest BCUT2D eigenvalue weighted by Crippen LogP contribution is -2.11. The molecule has 0 amide bonds. The molecule has 0 radical (unpaired) electrons. The first kappa shape index (κ1) is 14.2. The van der Waals surface area contributed by atoms with Gasteiger partial charge >= 0.3 is 5.97 Å². The zero-order valence-electron chi connectivity index (χ0n) is 10.7. The van der Waals surface area contributed by atoms with Crippen LogP contribution in [0.25, 0.3) is 10.9 Å². The Labute approximate surface area is 120 Å². The molecule has 5 nitrogen and oxygen atoms in total. The van der Waals surface area contributed by atoms with E-state index < -0.39 is 5.97 Å². The number of thioether (sulfide) groups is 1. The van der Waals surface area contributed by atoms with Gasteiger partial charge in [0.25, 0.3) is 0 Å². The van der Waals surface area contributed by atoms with E-state index in [2.05, 4.69) is 21.2 Å². The number of nitrogens with zero attached hydrogens (tertiary/aromatic N) is 2. The van der Waals surface area contributed by atoms with Crippen molar-refractivity contribution < 1.29 is 9.90 Å². The highest BCUT2D eigenvalue weighted by molar-refractivity contribution is 7.99. The summed E-state index contributed by atoms with van der Waals surface area (Å²) in [4.78, 5) is 19.1. The number of aromatic nitrogens is 2. The number of para-hydroxylation sites is 1. The molecule has 6 heteroatoms. The third-order valence-electron chi connectivity index (χ3n) is 2.52. The van der Waals surface area contributed by atoms with Gasteiger partial charge < -0.3 is 10.4 Å². The van der Waals surface area contributed by atoms with Crippen LogP contribution in [0.15, 0.2) is 24.3 Å². The van der Waals surface area contributed by atoms with Crippen molar-refractivity contribution in [1.29, 1.82) is 0 Å². The van der Waals surface area contributed by atoms with Gasteiger partial charge in [-0.1, -0.05) is 18.1 Å². The van der Waals surface area contributed by atoms with Crippen molar-refractivity contribution in [2.45, 2.75) is 0 Å². The van der Waals surface area contributed by atoms with E-state index in [1.54, 1.807) is 17.8 Å². The van der Waals surface area contributed by atoms with Crippen LogP contribution in [-0.2, 0) is 0 Å². The molecule has 0 aliphatic carbocycles. The highest BCUT2D eigenvalue weighted by Crippen LogP contribution is 2.20. The number of hydrogen-bond acceptors (Lipinski definition) is 5. The lowest BCUT2D eigenvalue weighted by atomic mass is 10.2. The normalized spacial score (nSPS) is 10.2. The molecule has 1 heterocycles. The molecule has 0 aliphatic heterocycles. The molecule has 0 saturated heterocycles. The third-order valence-corrected chi connectivity index (χ3v) is 3.38. The van der Waals surface area contributed by atoms with E-state index in [1.807, 2.05) is 18.2 Å². The third kappa shape index (κ3) is 3.39. The minimum absolute atomic E-state index is 0.206. The molecule has 2 aromatic rings. The molecular formula is C14H13N3O2S. The number of rotatable bonds is 6. The Bertz CT molecular complexity index is 667. The van der Waals surface area contributed by atoms with Crippen molar-refractivity contribution in [2.75, 3.05) is 23.4 Å². The summed E-state index contributed by atoms with van der Waals surface area (Å²) in [5.74, 6) is 3.23. The highest BCUT2D eigenvalue weighted by Gasteiger charge is 2.12. The largest absolute Gasteiger partial charge is 0.475 e. The number of fused-ring (bicyclic) bond motifs is 1. The van der Waals surface area contributed by atoms with E-state index in [4.69, 9.17) is 11.5 Å². The summed E-state index contributed by atoms with van der Waals surface area (Å²) < 4.78 is 0. The van der Waals surface area contributed by atoms with Gasteiger partial charge in [-0.15, -0.1) is 18.2 Å². The number of anilines is 1. The Morgan fingerprint density at radius 3 is 2.95 bits per heavy atom. The molecule has 20 heavy (non-hydrogen) atoms. The van der Waals surface area contributed by atoms with Crippen LogP contribution in [0, 0.1) is 12.3 Å². The van der Waals surface area contributed by atoms with Crippen molar-refractivity contribution in [3.05, 3.63) is 30.1 Å². The molecule has 0 fully saturated rings. The van der Waals surface area contributed by atoms with Crippen LogP contribution in [0.3, 0.4) is 0 Å². The second-order valence-corrected chi connectivity index (χ2v) is 5.01. The smallest absolute Gasteiger partial charge is 0.374 e. The molecule has 2 rings (SSSR count). The Hall–Kier alpha value is -2.26. The fourth-order valence-electron chi connectivity index (χ4n) is 1.68. The number of carboxylic acid groups (broad SMARTS) is 1. The Morgan fingerprint density at radius 2 is 2.20 bits per heavy atom. The molecule has 0 bridgehead atoms. The van der Waals surface area contributed by atoms with E-state index in [9.17, 15) is 4.79 Å². The zero-order valence-corrected chi connectivity index (χ0v) is 11.5. The lowest BCUT2D eigenvalue weighted by molar-refractivity contribution is 0.0684. The summed E-state index contributed by atoms with van der Waals surface area (Å²) in [5.41, 5.74) is 0.610. The predicted molar refractivity (Wildman–Crippen MR) is 81.1 cm³/mol. The topological polar surface area (TPSA) is 75.1 Å². The summed E-state index contributed by atoms with van der Waals surface area (Å²) in [6, 6.07) is 7.30. The second-order valence-electron chi connectivity index (χ2n) is 3.90. The fraction of sp³-hybridized carbons (Fsp3) is 0.214. The zero-order chi connectivity index (χ0) is 14.4. The summed E-state index contributed by atoms with van der Waals surface area (Å²) in [7, 11) is 0. The van der Waals surface area contributed by atoms with Crippen LogP contribution in [0.4, 0.5) is 5.82 Å². The average molecular weight is 287 g/mol. The van der Waals surface area contributed by atoms with E-state index in [-0.39, 0.29) is 5.82 Å². The maximum Gasteiger partial charge on any atom is 0.374 e. The number of aromatic carboxylic acids is 1. The number of carboxylic acids is 1. The van der Waals surface area contributed by atoms with Crippen molar-refractivity contribution in [3.63, 3.8) is 0 Å². The minimum Gasteiger partial charge on any atom is -0.475 e. The van der Waals surface area contributed by atoms with E-state index >= 15 is 0 Å².